The predicted octanol–water partition coefficient (Wildman–Crippen LogP) is 7.46. The molecule has 6 aromatic carbocycles. The van der Waals surface area contributed by atoms with Crippen LogP contribution in [0.3, 0.4) is 0 Å². The van der Waals surface area contributed by atoms with E-state index in [4.69, 9.17) is 18.9 Å². The molecular formula is C52H41N3O12. The fraction of sp³-hybridized carbons (Fsp3) is 0.192. The van der Waals surface area contributed by atoms with Crippen LogP contribution in [0.1, 0.15) is 57.1 Å². The van der Waals surface area contributed by atoms with Crippen molar-refractivity contribution in [1.82, 2.24) is 4.90 Å². The molecule has 15 nitrogen and oxygen atoms in total. The number of imide groups is 1. The van der Waals surface area contributed by atoms with Crippen LogP contribution in [0.4, 0.5) is 16.2 Å². The molecule has 9 rings (SSSR count). The minimum absolute atomic E-state index is 0.00811. The molecule has 3 heterocycles. The summed E-state index contributed by atoms with van der Waals surface area (Å²) in [5, 5.41) is 32.5. The van der Waals surface area contributed by atoms with Crippen molar-refractivity contribution in [2.45, 2.75) is 36.3 Å². The van der Waals surface area contributed by atoms with Crippen LogP contribution in [0.2, 0.25) is 0 Å². The Balaban J connectivity index is 1.28. The lowest BCUT2D eigenvalue weighted by molar-refractivity contribution is -0.384. The van der Waals surface area contributed by atoms with Gasteiger partial charge in [0, 0.05) is 23.3 Å². The van der Waals surface area contributed by atoms with Crippen molar-refractivity contribution >= 4 is 35.3 Å². The number of carbonyl (C=O) groups is 4. The van der Waals surface area contributed by atoms with Gasteiger partial charge in [0.25, 0.3) is 5.69 Å². The summed E-state index contributed by atoms with van der Waals surface area (Å²) < 4.78 is 23.1. The van der Waals surface area contributed by atoms with Gasteiger partial charge < -0.3 is 29.2 Å². The number of morpholine rings is 1. The van der Waals surface area contributed by atoms with E-state index in [9.17, 15) is 34.7 Å². The maximum Gasteiger partial charge on any atom is 0.421 e. The lowest BCUT2D eigenvalue weighted by Gasteiger charge is -2.46. The first kappa shape index (κ1) is 43.9. The highest BCUT2D eigenvalue weighted by Crippen LogP contribution is 2.66. The highest BCUT2D eigenvalue weighted by molar-refractivity contribution is 6.23. The van der Waals surface area contributed by atoms with Crippen LogP contribution in [0.15, 0.2) is 152 Å². The molecule has 0 bridgehead atoms. The van der Waals surface area contributed by atoms with E-state index in [1.807, 2.05) is 48.5 Å². The molecule has 6 aromatic rings. The zero-order valence-corrected chi connectivity index (χ0v) is 35.8. The number of aliphatic hydroxyl groups excluding tert-OH is 1. The Morgan fingerprint density at radius 1 is 0.776 bits per heavy atom. The number of carboxylic acids is 1. The molecular weight excluding hydrogens is 859 g/mol. The third-order valence-corrected chi connectivity index (χ3v) is 12.4. The van der Waals surface area contributed by atoms with Gasteiger partial charge in [0.2, 0.25) is 5.91 Å². The number of benzene rings is 6. The van der Waals surface area contributed by atoms with E-state index in [1.54, 1.807) is 84.8 Å². The molecule has 336 valence electrons. The first-order valence-corrected chi connectivity index (χ1v) is 21.2. The second kappa shape index (κ2) is 18.3. The van der Waals surface area contributed by atoms with Gasteiger partial charge in [-0.05, 0) is 94.5 Å². The number of nitrogens with zero attached hydrogens (tertiary/aromatic N) is 3. The maximum atomic E-state index is 16.1. The second-order valence-corrected chi connectivity index (χ2v) is 16.1. The van der Waals surface area contributed by atoms with Crippen molar-refractivity contribution < 1.29 is 53.3 Å². The minimum atomic E-state index is -2.25. The average Bonchev–Trinajstić information content (AvgIpc) is 3.81. The number of fused-ring (bicyclic) bond motifs is 3. The van der Waals surface area contributed by atoms with Crippen LogP contribution >= 0.6 is 0 Å². The quantitative estimate of drug-likeness (QED) is 0.0564. The van der Waals surface area contributed by atoms with Gasteiger partial charge in [-0.1, -0.05) is 84.6 Å². The van der Waals surface area contributed by atoms with Crippen molar-refractivity contribution in [2.75, 3.05) is 25.2 Å². The summed E-state index contributed by atoms with van der Waals surface area (Å²) in [7, 11) is 1.55. The number of hydrogen-bond donors (Lipinski definition) is 2. The molecule has 3 aliphatic rings. The lowest BCUT2D eigenvalue weighted by Crippen LogP contribution is -2.53. The number of aliphatic hydroxyl groups is 1. The number of amides is 2. The first-order chi connectivity index (χ1) is 32.5. The number of carboxylic acid groups (broad SMARTS) is 1. The van der Waals surface area contributed by atoms with Crippen molar-refractivity contribution in [3.63, 3.8) is 0 Å². The molecule has 1 spiro atoms. The summed E-state index contributed by atoms with van der Waals surface area (Å²) in [4.78, 5) is 73.2. The number of rotatable bonds is 11. The average molecular weight is 900 g/mol. The number of nitro groups is 1. The van der Waals surface area contributed by atoms with Gasteiger partial charge in [-0.3, -0.25) is 29.4 Å². The molecule has 0 unspecified atom stereocenters. The zero-order valence-electron chi connectivity index (χ0n) is 35.8. The van der Waals surface area contributed by atoms with Crippen LogP contribution in [0.25, 0.3) is 0 Å². The molecule has 0 radical (unpaired) electrons. The summed E-state index contributed by atoms with van der Waals surface area (Å²) in [5.74, 6) is 2.02. The molecule has 2 N–H and O–H groups in total. The van der Waals surface area contributed by atoms with E-state index >= 15 is 4.79 Å². The van der Waals surface area contributed by atoms with Crippen LogP contribution in [-0.4, -0.2) is 70.3 Å². The molecule has 2 fully saturated rings. The van der Waals surface area contributed by atoms with Gasteiger partial charge in [0.05, 0.1) is 36.4 Å². The third-order valence-electron chi connectivity index (χ3n) is 12.4. The molecule has 0 aromatic heterocycles. The number of cyclic esters (lactones) is 1. The minimum Gasteiger partial charge on any atom is -0.497 e. The molecule has 0 aliphatic carbocycles. The smallest absolute Gasteiger partial charge is 0.421 e. The molecule has 2 amide bonds. The molecule has 0 saturated carbocycles. The van der Waals surface area contributed by atoms with E-state index < -0.39 is 71.0 Å². The predicted molar refractivity (Wildman–Crippen MR) is 241 cm³/mol. The van der Waals surface area contributed by atoms with Crippen molar-refractivity contribution in [3.8, 4) is 23.3 Å². The number of nitro benzene ring substituents is 1. The van der Waals surface area contributed by atoms with Crippen LogP contribution < -0.4 is 14.4 Å². The zero-order chi connectivity index (χ0) is 46.8. The standard InChI is InChI=1S/C52H41N3O12/c1-64-39-23-16-32(17-24-39)12-13-33-18-27-42-41(30-33)52(50(60)53(42)51(61)66-31-34-14-21-38(22-15-34)55(62)63)43(48(57)58)45-49(59)67-46(36-10-6-3-7-11-36)44(35-8-4-2-5-9-35)54(45)47(52)37-19-25-40(26-20-37)65-29-28-56/h2-11,14-27,30,43-47,56H,28-29,31H2,1H3,(H,57,58)/t43-,44-,45-,46+,47+,52-/m0/s1. The van der Waals surface area contributed by atoms with E-state index in [-0.39, 0.29) is 30.2 Å². The monoisotopic (exact) mass is 899 g/mol. The Hall–Kier alpha value is -8.32. The van der Waals surface area contributed by atoms with Gasteiger partial charge in [-0.15, -0.1) is 0 Å². The van der Waals surface area contributed by atoms with Gasteiger partial charge in [0.15, 0.2) is 0 Å². The SMILES string of the molecule is COc1ccc(C#Cc2ccc3c(c2)[C@]2(C(=O)N3C(=O)OCc3ccc([N+](=O)[O-])cc3)[C@H](C(=O)O)[C@H]3C(=O)O[C@H](c4ccccc4)[C@H](c4ccccc4)N3[C@@H]2c2ccc(OCCO)cc2)cc1. The summed E-state index contributed by atoms with van der Waals surface area (Å²) in [6.45, 7) is -0.659. The number of aliphatic carboxylic acids is 1. The maximum absolute atomic E-state index is 16.1. The highest BCUT2D eigenvalue weighted by atomic mass is 16.6. The van der Waals surface area contributed by atoms with Crippen molar-refractivity contribution in [2.24, 2.45) is 5.92 Å². The number of hydrogen-bond acceptors (Lipinski definition) is 12. The van der Waals surface area contributed by atoms with Gasteiger partial charge in [0.1, 0.15) is 48.2 Å². The fourth-order valence-corrected chi connectivity index (χ4v) is 9.60. The van der Waals surface area contributed by atoms with Crippen LogP contribution in [0.5, 0.6) is 11.5 Å². The van der Waals surface area contributed by atoms with Gasteiger partial charge >= 0.3 is 18.0 Å². The molecule has 6 atom stereocenters. The van der Waals surface area contributed by atoms with Crippen molar-refractivity contribution in [1.29, 1.82) is 0 Å². The van der Waals surface area contributed by atoms with E-state index in [0.29, 0.717) is 44.9 Å². The second-order valence-electron chi connectivity index (χ2n) is 16.1. The lowest BCUT2D eigenvalue weighted by atomic mass is 9.65. The Kier molecular flexibility index (Phi) is 12.0. The highest BCUT2D eigenvalue weighted by Gasteiger charge is 2.76. The Morgan fingerprint density at radius 3 is 2.03 bits per heavy atom. The van der Waals surface area contributed by atoms with E-state index in [2.05, 4.69) is 11.8 Å². The van der Waals surface area contributed by atoms with Gasteiger partial charge in [-0.25, -0.2) is 9.69 Å². The summed E-state index contributed by atoms with van der Waals surface area (Å²) >= 11 is 0. The first-order valence-electron chi connectivity index (χ1n) is 21.2. The number of methoxy groups -OCH3 is 1. The molecule has 15 heteroatoms. The third kappa shape index (κ3) is 7.88. The van der Waals surface area contributed by atoms with Gasteiger partial charge in [-0.2, -0.15) is 0 Å². The van der Waals surface area contributed by atoms with Crippen LogP contribution in [-0.2, 0) is 35.9 Å². The van der Waals surface area contributed by atoms with Crippen molar-refractivity contribution in [3.05, 3.63) is 201 Å². The molecule has 67 heavy (non-hydrogen) atoms. The van der Waals surface area contributed by atoms with E-state index in [1.165, 1.54) is 30.3 Å². The number of esters is 1. The number of carbonyl (C=O) groups excluding carboxylic acids is 3. The number of anilines is 1. The Morgan fingerprint density at radius 2 is 1.40 bits per heavy atom. The normalized spacial score (nSPS) is 21.6. The molecule has 3 aliphatic heterocycles. The largest absolute Gasteiger partial charge is 0.497 e. The topological polar surface area (TPSA) is 195 Å². The Labute approximate surface area is 383 Å². The Bertz CT molecular complexity index is 2920. The van der Waals surface area contributed by atoms with E-state index in [0.717, 1.165) is 4.90 Å². The summed E-state index contributed by atoms with van der Waals surface area (Å²) in [5.41, 5.74) is 0.757. The summed E-state index contributed by atoms with van der Waals surface area (Å²) in [6, 6.07) is 38.1. The number of non-ortho nitro benzene ring substituents is 1. The fourth-order valence-electron chi connectivity index (χ4n) is 9.60. The molecule has 2 saturated heterocycles. The summed E-state index contributed by atoms with van der Waals surface area (Å²) in [6.07, 6.45) is -2.14. The number of ether oxygens (including phenoxy) is 4. The van der Waals surface area contributed by atoms with Crippen LogP contribution in [0, 0.1) is 27.9 Å².